The van der Waals surface area contributed by atoms with E-state index in [1.165, 1.54) is 0 Å². The van der Waals surface area contributed by atoms with Crippen molar-refractivity contribution in [2.24, 2.45) is 0 Å². The number of benzene rings is 2. The second kappa shape index (κ2) is 7.70. The first-order valence-corrected chi connectivity index (χ1v) is 7.90. The molecule has 1 heterocycles. The minimum absolute atomic E-state index is 0.172. The molecule has 6 heteroatoms. The van der Waals surface area contributed by atoms with Crippen LogP contribution >= 0.6 is 0 Å². The van der Waals surface area contributed by atoms with E-state index < -0.39 is 17.5 Å². The number of nitrogens with one attached hydrogen (secondary N) is 1. The van der Waals surface area contributed by atoms with E-state index in [1.807, 2.05) is 41.1 Å². The van der Waals surface area contributed by atoms with Crippen LogP contribution in [-0.4, -0.2) is 22.0 Å². The van der Waals surface area contributed by atoms with Crippen LogP contribution in [0.2, 0.25) is 0 Å². The number of aromatic nitrogens is 2. The molecule has 0 saturated carbocycles. The number of hydrogen-bond donors (Lipinski definition) is 1. The molecule has 0 bridgehead atoms. The van der Waals surface area contributed by atoms with E-state index in [-0.39, 0.29) is 5.56 Å². The predicted molar refractivity (Wildman–Crippen MR) is 90.2 cm³/mol. The zero-order valence-corrected chi connectivity index (χ0v) is 13.5. The van der Waals surface area contributed by atoms with Crippen molar-refractivity contribution in [1.82, 2.24) is 14.9 Å². The van der Waals surface area contributed by atoms with E-state index >= 15 is 0 Å². The Hall–Kier alpha value is -3.02. The third-order valence-electron chi connectivity index (χ3n) is 3.81. The summed E-state index contributed by atoms with van der Waals surface area (Å²) in [6.45, 7) is 0.998. The SMILES string of the molecule is O=C(NCCc1nccn1Cc1ccccc1)c1ccc(F)cc1F. The second-order valence-electron chi connectivity index (χ2n) is 5.59. The van der Waals surface area contributed by atoms with Crippen LogP contribution < -0.4 is 5.32 Å². The van der Waals surface area contributed by atoms with Crippen LogP contribution in [0.15, 0.2) is 60.9 Å². The van der Waals surface area contributed by atoms with Crippen LogP contribution in [0.3, 0.4) is 0 Å². The number of carbonyl (C=O) groups is 1. The fourth-order valence-electron chi connectivity index (χ4n) is 2.55. The van der Waals surface area contributed by atoms with Gasteiger partial charge in [0, 0.05) is 38.0 Å². The number of rotatable bonds is 6. The molecule has 2 aromatic carbocycles. The lowest BCUT2D eigenvalue weighted by molar-refractivity contribution is 0.0950. The smallest absolute Gasteiger partial charge is 0.254 e. The molecular weight excluding hydrogens is 324 g/mol. The highest BCUT2D eigenvalue weighted by Crippen LogP contribution is 2.10. The molecule has 3 rings (SSSR count). The molecule has 25 heavy (non-hydrogen) atoms. The lowest BCUT2D eigenvalue weighted by Gasteiger charge is -2.09. The van der Waals surface area contributed by atoms with Gasteiger partial charge in [-0.2, -0.15) is 0 Å². The highest BCUT2D eigenvalue weighted by Gasteiger charge is 2.12. The highest BCUT2D eigenvalue weighted by atomic mass is 19.1. The summed E-state index contributed by atoms with van der Waals surface area (Å²) >= 11 is 0. The fraction of sp³-hybridized carbons (Fsp3) is 0.158. The number of carbonyl (C=O) groups excluding carboxylic acids is 1. The minimum Gasteiger partial charge on any atom is -0.351 e. The summed E-state index contributed by atoms with van der Waals surface area (Å²) in [4.78, 5) is 16.3. The number of hydrogen-bond acceptors (Lipinski definition) is 2. The molecule has 0 fully saturated rings. The van der Waals surface area contributed by atoms with Crippen LogP contribution in [0.5, 0.6) is 0 Å². The first kappa shape index (κ1) is 16.8. The molecule has 4 nitrogen and oxygen atoms in total. The normalized spacial score (nSPS) is 10.6. The van der Waals surface area contributed by atoms with Crippen molar-refractivity contribution in [3.05, 3.63) is 89.5 Å². The molecule has 0 radical (unpaired) electrons. The Morgan fingerprint density at radius 3 is 2.68 bits per heavy atom. The summed E-state index contributed by atoms with van der Waals surface area (Å²) in [6.07, 6.45) is 4.10. The topological polar surface area (TPSA) is 46.9 Å². The van der Waals surface area contributed by atoms with Crippen LogP contribution in [-0.2, 0) is 13.0 Å². The zero-order valence-electron chi connectivity index (χ0n) is 13.5. The molecular formula is C19H17F2N3O. The Morgan fingerprint density at radius 2 is 1.92 bits per heavy atom. The van der Waals surface area contributed by atoms with Crippen molar-refractivity contribution < 1.29 is 13.6 Å². The van der Waals surface area contributed by atoms with Crippen molar-refractivity contribution in [3.8, 4) is 0 Å². The summed E-state index contributed by atoms with van der Waals surface area (Å²) in [5.41, 5.74) is 0.980. The van der Waals surface area contributed by atoms with Crippen molar-refractivity contribution in [2.45, 2.75) is 13.0 Å². The van der Waals surface area contributed by atoms with E-state index in [9.17, 15) is 13.6 Å². The summed E-state index contributed by atoms with van der Waals surface area (Å²) in [6, 6.07) is 12.9. The van der Waals surface area contributed by atoms with Gasteiger partial charge in [-0.3, -0.25) is 4.79 Å². The molecule has 3 aromatic rings. The lowest BCUT2D eigenvalue weighted by atomic mass is 10.2. The maximum absolute atomic E-state index is 13.6. The highest BCUT2D eigenvalue weighted by molar-refractivity contribution is 5.94. The number of imidazole rings is 1. The molecule has 0 atom stereocenters. The first-order chi connectivity index (χ1) is 12.1. The van der Waals surface area contributed by atoms with E-state index in [0.29, 0.717) is 25.6 Å². The van der Waals surface area contributed by atoms with Gasteiger partial charge in [-0.25, -0.2) is 13.8 Å². The molecule has 1 amide bonds. The Kier molecular flexibility index (Phi) is 5.18. The Labute approximate surface area is 144 Å². The third-order valence-corrected chi connectivity index (χ3v) is 3.81. The molecule has 0 spiro atoms. The number of nitrogens with zero attached hydrogens (tertiary/aromatic N) is 2. The lowest BCUT2D eigenvalue weighted by Crippen LogP contribution is -2.27. The van der Waals surface area contributed by atoms with Gasteiger partial charge in [0.1, 0.15) is 17.5 Å². The maximum atomic E-state index is 13.6. The number of amides is 1. The quantitative estimate of drug-likeness (QED) is 0.748. The van der Waals surface area contributed by atoms with Crippen molar-refractivity contribution in [1.29, 1.82) is 0 Å². The molecule has 0 aliphatic carbocycles. The minimum atomic E-state index is -0.872. The first-order valence-electron chi connectivity index (χ1n) is 7.90. The van der Waals surface area contributed by atoms with Gasteiger partial charge in [0.25, 0.3) is 5.91 Å². The van der Waals surface area contributed by atoms with Gasteiger partial charge in [-0.15, -0.1) is 0 Å². The molecule has 0 saturated heterocycles. The molecule has 0 aliphatic rings. The van der Waals surface area contributed by atoms with E-state index in [4.69, 9.17) is 0 Å². The molecule has 1 N–H and O–H groups in total. The van der Waals surface area contributed by atoms with E-state index in [0.717, 1.165) is 23.5 Å². The Bertz CT molecular complexity index is 862. The van der Waals surface area contributed by atoms with Crippen molar-refractivity contribution in [3.63, 3.8) is 0 Å². The monoisotopic (exact) mass is 341 g/mol. The zero-order chi connectivity index (χ0) is 17.6. The second-order valence-corrected chi connectivity index (χ2v) is 5.59. The van der Waals surface area contributed by atoms with Crippen LogP contribution in [0.25, 0.3) is 0 Å². The molecule has 128 valence electrons. The Balaban J connectivity index is 1.57. The van der Waals surface area contributed by atoms with Gasteiger partial charge in [-0.1, -0.05) is 30.3 Å². The standard InChI is InChI=1S/C19H17F2N3O/c20-15-6-7-16(17(21)12-15)19(25)23-9-8-18-22-10-11-24(18)13-14-4-2-1-3-5-14/h1-7,10-12H,8-9,13H2,(H,23,25). The van der Waals surface area contributed by atoms with E-state index in [2.05, 4.69) is 10.3 Å². The van der Waals surface area contributed by atoms with Crippen LogP contribution in [0, 0.1) is 11.6 Å². The van der Waals surface area contributed by atoms with Gasteiger partial charge >= 0.3 is 0 Å². The van der Waals surface area contributed by atoms with Gasteiger partial charge in [0.15, 0.2) is 0 Å². The summed E-state index contributed by atoms with van der Waals surface area (Å²) < 4.78 is 28.5. The van der Waals surface area contributed by atoms with Crippen molar-refractivity contribution >= 4 is 5.91 Å². The van der Waals surface area contributed by atoms with Gasteiger partial charge in [0.2, 0.25) is 0 Å². The molecule has 0 aliphatic heterocycles. The Morgan fingerprint density at radius 1 is 1.12 bits per heavy atom. The number of halogens is 2. The predicted octanol–water partition coefficient (Wildman–Crippen LogP) is 3.18. The average molecular weight is 341 g/mol. The average Bonchev–Trinajstić information content (AvgIpc) is 3.03. The largest absolute Gasteiger partial charge is 0.351 e. The van der Waals surface area contributed by atoms with Gasteiger partial charge in [0.05, 0.1) is 5.56 Å². The van der Waals surface area contributed by atoms with E-state index in [1.54, 1.807) is 6.20 Å². The molecule has 0 unspecified atom stereocenters. The van der Waals surface area contributed by atoms with Crippen molar-refractivity contribution in [2.75, 3.05) is 6.54 Å². The third kappa shape index (κ3) is 4.29. The molecule has 1 aromatic heterocycles. The summed E-state index contributed by atoms with van der Waals surface area (Å²) in [5, 5.41) is 2.63. The van der Waals surface area contributed by atoms with Crippen LogP contribution in [0.4, 0.5) is 8.78 Å². The summed E-state index contributed by atoms with van der Waals surface area (Å²) in [5.74, 6) is -1.33. The van der Waals surface area contributed by atoms with Gasteiger partial charge in [-0.05, 0) is 17.7 Å². The van der Waals surface area contributed by atoms with Crippen LogP contribution in [0.1, 0.15) is 21.7 Å². The fourth-order valence-corrected chi connectivity index (χ4v) is 2.55. The summed E-state index contributed by atoms with van der Waals surface area (Å²) in [7, 11) is 0. The maximum Gasteiger partial charge on any atom is 0.254 e. The van der Waals surface area contributed by atoms with Gasteiger partial charge < -0.3 is 9.88 Å².